The normalized spacial score (nSPS) is 9.31. The molecule has 0 aromatic heterocycles. The van der Waals surface area contributed by atoms with Crippen LogP contribution in [0.1, 0.15) is 10.4 Å². The second-order valence-electron chi connectivity index (χ2n) is 2.49. The quantitative estimate of drug-likeness (QED) is 0.757. The van der Waals surface area contributed by atoms with Crippen molar-refractivity contribution < 1.29 is 9.53 Å². The minimum absolute atomic E-state index is 0.431. The number of rotatable bonds is 4. The molecule has 0 aliphatic rings. The molecule has 0 unspecified atom stereocenters. The summed E-state index contributed by atoms with van der Waals surface area (Å²) in [6.07, 6.45) is 0.799. The number of ether oxygens (including phenoxy) is 1. The molecule has 13 heavy (non-hydrogen) atoms. The summed E-state index contributed by atoms with van der Waals surface area (Å²) < 4.78 is 6.09. The fraction of sp³-hybridized carbons (Fsp3) is 0.100. The third-order valence-corrected chi connectivity index (χ3v) is 1.64. The lowest BCUT2D eigenvalue weighted by Crippen LogP contribution is -1.95. The van der Waals surface area contributed by atoms with E-state index in [1.165, 1.54) is 0 Å². The van der Waals surface area contributed by atoms with Gasteiger partial charge in [-0.05, 0) is 24.3 Å². The minimum atomic E-state index is 0.431. The van der Waals surface area contributed by atoms with Gasteiger partial charge in [0.05, 0.1) is 0 Å². The van der Waals surface area contributed by atoms with Gasteiger partial charge in [-0.3, -0.25) is 4.79 Å². The zero-order chi connectivity index (χ0) is 9.68. The molecule has 0 aliphatic heterocycles. The first kappa shape index (κ1) is 9.99. The summed E-state index contributed by atoms with van der Waals surface area (Å²) in [5.41, 5.74) is 0.644. The Morgan fingerprint density at radius 1 is 1.46 bits per heavy atom. The molecule has 0 radical (unpaired) electrons. The number of hydrogen-bond acceptors (Lipinski definition) is 2. The largest absolute Gasteiger partial charge is 0.488 e. The molecule has 1 aromatic rings. The fourth-order valence-corrected chi connectivity index (χ4v) is 0.919. The molecule has 68 valence electrons. The molecule has 0 atom stereocenters. The highest BCUT2D eigenvalue weighted by atomic mass is 79.9. The number of benzene rings is 1. The van der Waals surface area contributed by atoms with Gasteiger partial charge < -0.3 is 4.74 Å². The van der Waals surface area contributed by atoms with E-state index in [4.69, 9.17) is 4.74 Å². The van der Waals surface area contributed by atoms with Gasteiger partial charge in [0, 0.05) is 10.0 Å². The van der Waals surface area contributed by atoms with E-state index in [1.54, 1.807) is 24.3 Å². The van der Waals surface area contributed by atoms with Gasteiger partial charge in [0.15, 0.2) is 0 Å². The molecule has 0 saturated heterocycles. The minimum Gasteiger partial charge on any atom is -0.488 e. The molecule has 0 saturated carbocycles. The van der Waals surface area contributed by atoms with Crippen molar-refractivity contribution in [3.05, 3.63) is 40.9 Å². The molecule has 0 N–H and O–H groups in total. The van der Waals surface area contributed by atoms with E-state index < -0.39 is 0 Å². The van der Waals surface area contributed by atoms with Crippen molar-refractivity contribution in [2.75, 3.05) is 6.61 Å². The predicted octanol–water partition coefficient (Wildman–Crippen LogP) is 2.79. The van der Waals surface area contributed by atoms with Crippen LogP contribution in [-0.2, 0) is 0 Å². The Morgan fingerprint density at radius 3 is 2.54 bits per heavy atom. The van der Waals surface area contributed by atoms with Crippen LogP contribution in [0.3, 0.4) is 0 Å². The second kappa shape index (κ2) is 4.82. The molecule has 0 amide bonds. The molecule has 0 heterocycles. The number of halogens is 1. The number of aldehydes is 1. The molecule has 0 fully saturated rings. The maximum atomic E-state index is 10.3. The fourth-order valence-electron chi connectivity index (χ4n) is 0.804. The Morgan fingerprint density at radius 2 is 2.08 bits per heavy atom. The van der Waals surface area contributed by atoms with Crippen LogP contribution < -0.4 is 4.74 Å². The van der Waals surface area contributed by atoms with Gasteiger partial charge in [-0.1, -0.05) is 22.5 Å². The molecule has 1 aromatic carbocycles. The van der Waals surface area contributed by atoms with E-state index in [9.17, 15) is 4.79 Å². The number of carbonyl (C=O) groups excluding carboxylic acids is 1. The Bertz CT molecular complexity index is 303. The zero-order valence-corrected chi connectivity index (χ0v) is 8.58. The topological polar surface area (TPSA) is 26.3 Å². The van der Waals surface area contributed by atoms with Crippen LogP contribution in [0.5, 0.6) is 5.75 Å². The van der Waals surface area contributed by atoms with Crippen molar-refractivity contribution in [1.29, 1.82) is 0 Å². The first-order valence-corrected chi connectivity index (χ1v) is 4.53. The van der Waals surface area contributed by atoms with E-state index in [2.05, 4.69) is 22.5 Å². The van der Waals surface area contributed by atoms with Crippen molar-refractivity contribution in [3.63, 3.8) is 0 Å². The van der Waals surface area contributed by atoms with E-state index in [0.717, 1.165) is 16.5 Å². The lowest BCUT2D eigenvalue weighted by atomic mass is 10.2. The molecule has 0 spiro atoms. The van der Waals surface area contributed by atoms with Crippen LogP contribution in [0.25, 0.3) is 0 Å². The third-order valence-electron chi connectivity index (χ3n) is 1.41. The lowest BCUT2D eigenvalue weighted by molar-refractivity contribution is 0.112. The average Bonchev–Trinajstić information content (AvgIpc) is 2.15. The Balaban J connectivity index is 2.59. The highest BCUT2D eigenvalue weighted by molar-refractivity contribution is 9.11. The standard InChI is InChI=1S/C10H9BrO2/c1-8(11)7-13-10-4-2-9(6-12)3-5-10/h2-6H,1,7H2. The number of hydrogen-bond donors (Lipinski definition) is 0. The summed E-state index contributed by atoms with van der Waals surface area (Å²) in [5, 5.41) is 0. The van der Waals surface area contributed by atoms with Gasteiger partial charge in [0.25, 0.3) is 0 Å². The second-order valence-corrected chi connectivity index (χ2v) is 3.61. The van der Waals surface area contributed by atoms with Crippen LogP contribution in [0.2, 0.25) is 0 Å². The first-order chi connectivity index (χ1) is 6.22. The summed E-state index contributed by atoms with van der Waals surface area (Å²) in [4.78, 5) is 10.3. The van der Waals surface area contributed by atoms with Crippen LogP contribution >= 0.6 is 15.9 Å². The Labute approximate surface area is 85.3 Å². The van der Waals surface area contributed by atoms with Crippen LogP contribution in [0.4, 0.5) is 0 Å². The Kier molecular flexibility index (Phi) is 3.71. The zero-order valence-electron chi connectivity index (χ0n) is 7.00. The molecule has 2 nitrogen and oxygen atoms in total. The molecule has 3 heteroatoms. The smallest absolute Gasteiger partial charge is 0.150 e. The maximum Gasteiger partial charge on any atom is 0.150 e. The van der Waals surface area contributed by atoms with Gasteiger partial charge in [0.1, 0.15) is 18.6 Å². The summed E-state index contributed by atoms with van der Waals surface area (Å²) in [7, 11) is 0. The third kappa shape index (κ3) is 3.42. The van der Waals surface area contributed by atoms with Crippen LogP contribution in [-0.4, -0.2) is 12.9 Å². The molecule has 0 aliphatic carbocycles. The maximum absolute atomic E-state index is 10.3. The van der Waals surface area contributed by atoms with Gasteiger partial charge in [-0.15, -0.1) is 0 Å². The van der Waals surface area contributed by atoms with Crippen molar-refractivity contribution in [3.8, 4) is 5.75 Å². The van der Waals surface area contributed by atoms with Gasteiger partial charge >= 0.3 is 0 Å². The van der Waals surface area contributed by atoms with E-state index in [0.29, 0.717) is 12.2 Å². The molecule has 1 rings (SSSR count). The molecule has 0 bridgehead atoms. The highest BCUT2D eigenvalue weighted by Crippen LogP contribution is 2.12. The highest BCUT2D eigenvalue weighted by Gasteiger charge is 1.94. The molecular formula is C10H9BrO2. The number of carbonyl (C=O) groups is 1. The summed E-state index contributed by atoms with van der Waals surface area (Å²) in [6, 6.07) is 6.91. The molecular weight excluding hydrogens is 232 g/mol. The van der Waals surface area contributed by atoms with Gasteiger partial charge in [-0.25, -0.2) is 0 Å². The SMILES string of the molecule is C=C(Br)COc1ccc(C=O)cc1. The lowest BCUT2D eigenvalue weighted by Gasteiger charge is -2.03. The predicted molar refractivity (Wildman–Crippen MR) is 55.4 cm³/mol. The Hall–Kier alpha value is -1.09. The van der Waals surface area contributed by atoms with E-state index >= 15 is 0 Å². The van der Waals surface area contributed by atoms with Crippen molar-refractivity contribution in [1.82, 2.24) is 0 Å². The van der Waals surface area contributed by atoms with Crippen LogP contribution in [0, 0.1) is 0 Å². The summed E-state index contributed by atoms with van der Waals surface area (Å²) >= 11 is 3.18. The van der Waals surface area contributed by atoms with Gasteiger partial charge in [0.2, 0.25) is 0 Å². The summed E-state index contributed by atoms with van der Waals surface area (Å²) in [6.45, 7) is 4.07. The average molecular weight is 241 g/mol. The monoisotopic (exact) mass is 240 g/mol. The van der Waals surface area contributed by atoms with Crippen LogP contribution in [0.15, 0.2) is 35.3 Å². The van der Waals surface area contributed by atoms with E-state index in [-0.39, 0.29) is 0 Å². The first-order valence-electron chi connectivity index (χ1n) is 3.73. The van der Waals surface area contributed by atoms with Gasteiger partial charge in [-0.2, -0.15) is 0 Å². The van der Waals surface area contributed by atoms with Crippen molar-refractivity contribution in [2.24, 2.45) is 0 Å². The van der Waals surface area contributed by atoms with Crippen molar-refractivity contribution in [2.45, 2.75) is 0 Å². The van der Waals surface area contributed by atoms with Crippen molar-refractivity contribution >= 4 is 22.2 Å². The van der Waals surface area contributed by atoms with E-state index in [1.807, 2.05) is 0 Å². The summed E-state index contributed by atoms with van der Waals surface area (Å²) in [5.74, 6) is 0.728.